The summed E-state index contributed by atoms with van der Waals surface area (Å²) >= 11 is 0. The van der Waals surface area contributed by atoms with Crippen molar-refractivity contribution >= 4 is 25.1 Å². The van der Waals surface area contributed by atoms with Crippen molar-refractivity contribution in [3.05, 3.63) is 53.8 Å². The van der Waals surface area contributed by atoms with Gasteiger partial charge >= 0.3 is 13.1 Å². The quantitative estimate of drug-likeness (QED) is 0.552. The first kappa shape index (κ1) is 15.8. The van der Waals surface area contributed by atoms with Crippen LogP contribution in [0.2, 0.25) is 0 Å². The number of hydrogen-bond acceptors (Lipinski definition) is 6. The van der Waals surface area contributed by atoms with E-state index < -0.39 is 24.9 Å². The average Bonchev–Trinajstić information content (AvgIpc) is 3.06. The number of oxazole rings is 1. The number of carbonyl (C=O) groups excluding carboxylic acids is 1. The molecule has 3 N–H and O–H groups in total. The van der Waals surface area contributed by atoms with Crippen molar-refractivity contribution in [2.24, 2.45) is 0 Å². The van der Waals surface area contributed by atoms with Gasteiger partial charge in [0.1, 0.15) is 17.7 Å². The number of nitrogens with zero attached hydrogens (tertiary/aromatic N) is 1. The zero-order valence-electron chi connectivity index (χ0n) is 12.4. The molecule has 0 spiro atoms. The molecule has 1 aliphatic heterocycles. The van der Waals surface area contributed by atoms with E-state index in [0.717, 1.165) is 0 Å². The highest BCUT2D eigenvalue weighted by Gasteiger charge is 2.37. The predicted molar refractivity (Wildman–Crippen MR) is 83.2 cm³/mol. The number of carboxylic acids is 1. The maximum absolute atomic E-state index is 11.9. The largest absolute Gasteiger partial charge is 0.547 e. The molecular weight excluding hydrogens is 315 g/mol. The molecule has 1 aliphatic rings. The summed E-state index contributed by atoms with van der Waals surface area (Å²) in [6, 6.07) is 4.68. The summed E-state index contributed by atoms with van der Waals surface area (Å²) in [4.78, 5) is 26.9. The number of carboxylic acid groups (broad SMARTS) is 1. The summed E-state index contributed by atoms with van der Waals surface area (Å²) < 4.78 is 10.1. The Balaban J connectivity index is 1.71. The lowest BCUT2D eigenvalue weighted by atomic mass is 9.72. The van der Waals surface area contributed by atoms with E-state index in [4.69, 9.17) is 14.2 Å². The second-order valence-corrected chi connectivity index (χ2v) is 5.17. The SMILES string of the molecule is O=C(/C=C/c1cocn1)N[C@H]1Cc2cccc(C(=O)O)c2OB1O. The molecule has 1 amide bonds. The van der Waals surface area contributed by atoms with Crippen LogP contribution in [0.25, 0.3) is 6.08 Å². The van der Waals surface area contributed by atoms with Crippen molar-refractivity contribution in [1.29, 1.82) is 0 Å². The first-order chi connectivity index (χ1) is 11.5. The number of aromatic carboxylic acids is 1. The van der Waals surface area contributed by atoms with Crippen molar-refractivity contribution in [2.75, 3.05) is 0 Å². The van der Waals surface area contributed by atoms with E-state index in [1.54, 1.807) is 12.1 Å². The Morgan fingerprint density at radius 2 is 2.25 bits per heavy atom. The van der Waals surface area contributed by atoms with E-state index in [9.17, 15) is 14.6 Å². The van der Waals surface area contributed by atoms with Gasteiger partial charge in [-0.05, 0) is 24.1 Å². The van der Waals surface area contributed by atoms with Crippen molar-refractivity contribution < 1.29 is 28.8 Å². The summed E-state index contributed by atoms with van der Waals surface area (Å²) in [5, 5.41) is 21.8. The van der Waals surface area contributed by atoms with Crippen LogP contribution >= 0.6 is 0 Å². The molecule has 24 heavy (non-hydrogen) atoms. The Morgan fingerprint density at radius 3 is 2.96 bits per heavy atom. The first-order valence-electron chi connectivity index (χ1n) is 7.11. The third-order valence-corrected chi connectivity index (χ3v) is 3.53. The first-order valence-corrected chi connectivity index (χ1v) is 7.11. The van der Waals surface area contributed by atoms with Gasteiger partial charge in [-0.25, -0.2) is 9.78 Å². The Hall–Kier alpha value is -3.07. The molecule has 0 aliphatic carbocycles. The number of benzene rings is 1. The molecule has 0 unspecified atom stereocenters. The zero-order valence-corrected chi connectivity index (χ0v) is 12.4. The van der Waals surface area contributed by atoms with Crippen molar-refractivity contribution in [2.45, 2.75) is 12.4 Å². The van der Waals surface area contributed by atoms with Crippen molar-refractivity contribution in [1.82, 2.24) is 10.3 Å². The van der Waals surface area contributed by atoms with Crippen LogP contribution in [0.15, 0.2) is 41.3 Å². The van der Waals surface area contributed by atoms with E-state index in [2.05, 4.69) is 10.3 Å². The van der Waals surface area contributed by atoms with E-state index >= 15 is 0 Å². The monoisotopic (exact) mass is 328 g/mol. The lowest BCUT2D eigenvalue weighted by Gasteiger charge is -2.28. The summed E-state index contributed by atoms with van der Waals surface area (Å²) in [7, 11) is -1.34. The van der Waals surface area contributed by atoms with Gasteiger partial charge in [-0.15, -0.1) is 0 Å². The molecule has 3 rings (SSSR count). The lowest BCUT2D eigenvalue weighted by Crippen LogP contribution is -2.52. The molecule has 1 atom stereocenters. The Kier molecular flexibility index (Phi) is 4.34. The number of aromatic nitrogens is 1. The Bertz CT molecular complexity index is 789. The summed E-state index contributed by atoms with van der Waals surface area (Å²) in [5.41, 5.74) is 1.07. The van der Waals surface area contributed by atoms with Crippen molar-refractivity contribution in [3.63, 3.8) is 0 Å². The second-order valence-electron chi connectivity index (χ2n) is 5.17. The molecule has 1 aromatic heterocycles. The van der Waals surface area contributed by atoms with Gasteiger partial charge in [-0.1, -0.05) is 12.1 Å². The number of hydrogen-bond donors (Lipinski definition) is 3. The molecular formula is C15H13BN2O6. The highest BCUT2D eigenvalue weighted by Crippen LogP contribution is 2.30. The van der Waals surface area contributed by atoms with Crippen LogP contribution in [0, 0.1) is 0 Å². The number of fused-ring (bicyclic) bond motifs is 1. The van der Waals surface area contributed by atoms with Crippen LogP contribution < -0.4 is 9.97 Å². The number of rotatable bonds is 4. The zero-order chi connectivity index (χ0) is 17.1. The summed E-state index contributed by atoms with van der Waals surface area (Å²) in [6.45, 7) is 0. The van der Waals surface area contributed by atoms with Gasteiger partial charge < -0.3 is 24.5 Å². The standard InChI is InChI=1S/C15H13BN2O6/c19-13(5-4-10-7-23-8-17-10)18-12-6-9-2-1-3-11(15(20)21)14(9)24-16(12)22/h1-5,7-8,12,22H,6H2,(H,18,19)(H,20,21)/b5-4+/t12-/m0/s1. The van der Waals surface area contributed by atoms with Crippen LogP contribution in [0.3, 0.4) is 0 Å². The smallest absolute Gasteiger partial charge is 0.534 e. The number of nitrogens with one attached hydrogen (secondary N) is 1. The maximum atomic E-state index is 11.9. The fourth-order valence-corrected chi connectivity index (χ4v) is 2.41. The van der Waals surface area contributed by atoms with Crippen LogP contribution in [-0.2, 0) is 11.2 Å². The Labute approximate surface area is 136 Å². The van der Waals surface area contributed by atoms with Gasteiger partial charge in [0.05, 0.1) is 11.5 Å². The highest BCUT2D eigenvalue weighted by molar-refractivity contribution is 6.47. The number of para-hydroxylation sites is 1. The van der Waals surface area contributed by atoms with Gasteiger partial charge in [-0.2, -0.15) is 0 Å². The maximum Gasteiger partial charge on any atom is 0.547 e. The molecule has 0 fully saturated rings. The van der Waals surface area contributed by atoms with Crippen molar-refractivity contribution in [3.8, 4) is 5.75 Å². The van der Waals surface area contributed by atoms with E-state index in [-0.39, 0.29) is 17.7 Å². The van der Waals surface area contributed by atoms with E-state index in [0.29, 0.717) is 11.3 Å². The van der Waals surface area contributed by atoms with Gasteiger partial charge in [-0.3, -0.25) is 4.79 Å². The number of carbonyl (C=O) groups is 2. The van der Waals surface area contributed by atoms with Crippen LogP contribution in [-0.4, -0.2) is 40.1 Å². The van der Waals surface area contributed by atoms with E-state index in [1.165, 1.54) is 30.9 Å². The minimum atomic E-state index is -1.34. The second kappa shape index (κ2) is 6.59. The van der Waals surface area contributed by atoms with Gasteiger partial charge in [0, 0.05) is 6.08 Å². The van der Waals surface area contributed by atoms with E-state index in [1.807, 2.05) is 0 Å². The van der Waals surface area contributed by atoms with Gasteiger partial charge in [0.25, 0.3) is 0 Å². The molecule has 2 heterocycles. The fourth-order valence-electron chi connectivity index (χ4n) is 2.41. The predicted octanol–water partition coefficient (Wildman–Crippen LogP) is 0.526. The highest BCUT2D eigenvalue weighted by atomic mass is 16.5. The molecule has 8 nitrogen and oxygen atoms in total. The van der Waals surface area contributed by atoms with Crippen LogP contribution in [0.4, 0.5) is 0 Å². The molecule has 0 saturated carbocycles. The fraction of sp³-hybridized carbons (Fsp3) is 0.133. The molecule has 2 aromatic rings. The third-order valence-electron chi connectivity index (χ3n) is 3.53. The lowest BCUT2D eigenvalue weighted by molar-refractivity contribution is -0.116. The molecule has 122 valence electrons. The number of amides is 1. The molecule has 1 aromatic carbocycles. The molecule has 0 radical (unpaired) electrons. The topological polar surface area (TPSA) is 122 Å². The van der Waals surface area contributed by atoms with Crippen LogP contribution in [0.1, 0.15) is 21.6 Å². The van der Waals surface area contributed by atoms with Gasteiger partial charge in [0.2, 0.25) is 5.91 Å². The summed E-state index contributed by atoms with van der Waals surface area (Å²) in [5.74, 6) is -2.15. The molecule has 9 heteroatoms. The minimum absolute atomic E-state index is 0.0257. The normalized spacial score (nSPS) is 16.5. The minimum Gasteiger partial charge on any atom is -0.534 e. The average molecular weight is 328 g/mol. The van der Waals surface area contributed by atoms with Crippen LogP contribution in [0.5, 0.6) is 5.75 Å². The van der Waals surface area contributed by atoms with Gasteiger partial charge in [0.15, 0.2) is 6.39 Å². The Morgan fingerprint density at radius 1 is 1.42 bits per heavy atom. The summed E-state index contributed by atoms with van der Waals surface area (Å²) in [6.07, 6.45) is 5.60. The molecule has 0 saturated heterocycles. The third kappa shape index (κ3) is 3.30. The molecule has 0 bridgehead atoms.